The van der Waals surface area contributed by atoms with Crippen molar-refractivity contribution in [3.05, 3.63) is 70.2 Å². The Kier molecular flexibility index (Phi) is 5.21. The Morgan fingerprint density at radius 1 is 0.955 bits per heavy atom. The molecule has 0 bridgehead atoms. The Labute approximate surface area is 134 Å². The van der Waals surface area contributed by atoms with Gasteiger partial charge in [-0.3, -0.25) is 0 Å². The molecule has 116 valence electrons. The molecule has 22 heavy (non-hydrogen) atoms. The first-order valence-electron chi connectivity index (χ1n) is 6.61. The van der Waals surface area contributed by atoms with Crippen LogP contribution >= 0.6 is 11.6 Å². The molecule has 2 aromatic rings. The van der Waals surface area contributed by atoms with E-state index >= 15 is 0 Å². The van der Waals surface area contributed by atoms with Crippen LogP contribution in [0.5, 0.6) is 0 Å². The maximum atomic E-state index is 12.1. The fraction of sp³-hybridized carbons (Fsp3) is 0.188. The average Bonchev–Trinajstić information content (AvgIpc) is 2.48. The van der Waals surface area contributed by atoms with Gasteiger partial charge >= 0.3 is 0 Å². The van der Waals surface area contributed by atoms with Crippen molar-refractivity contribution < 1.29 is 18.3 Å². The summed E-state index contributed by atoms with van der Waals surface area (Å²) in [6.45, 7) is 0. The van der Waals surface area contributed by atoms with Gasteiger partial charge in [-0.15, -0.1) is 0 Å². The van der Waals surface area contributed by atoms with E-state index in [0.717, 1.165) is 5.56 Å². The number of sulfone groups is 1. The summed E-state index contributed by atoms with van der Waals surface area (Å²) in [7, 11) is -3.24. The van der Waals surface area contributed by atoms with Crippen molar-refractivity contribution in [2.75, 3.05) is 5.75 Å². The van der Waals surface area contributed by atoms with E-state index in [-0.39, 0.29) is 17.1 Å². The zero-order valence-corrected chi connectivity index (χ0v) is 13.2. The zero-order valence-electron chi connectivity index (χ0n) is 11.7. The highest BCUT2D eigenvalue weighted by Crippen LogP contribution is 2.13. The van der Waals surface area contributed by atoms with Gasteiger partial charge in [0, 0.05) is 5.02 Å². The number of hydrogen-bond acceptors (Lipinski definition) is 4. The monoisotopic (exact) mass is 337 g/mol. The lowest BCUT2D eigenvalue weighted by molar-refractivity contribution is -0.255. The van der Waals surface area contributed by atoms with Gasteiger partial charge in [0.2, 0.25) is 0 Å². The van der Waals surface area contributed by atoms with Crippen LogP contribution in [0.25, 0.3) is 0 Å². The second-order valence-electron chi connectivity index (χ2n) is 4.95. The SMILES string of the molecule is O=C([O-])c1ccc(CCS(=O)(=O)Cc2ccc(Cl)cc2)cc1. The maximum Gasteiger partial charge on any atom is 0.154 e. The minimum atomic E-state index is -3.24. The number of aromatic carboxylic acids is 1. The highest BCUT2D eigenvalue weighted by molar-refractivity contribution is 7.90. The zero-order chi connectivity index (χ0) is 16.2. The van der Waals surface area contributed by atoms with Crippen molar-refractivity contribution in [2.24, 2.45) is 0 Å². The number of benzene rings is 2. The van der Waals surface area contributed by atoms with Gasteiger partial charge < -0.3 is 9.90 Å². The van der Waals surface area contributed by atoms with E-state index in [4.69, 9.17) is 11.6 Å². The van der Waals surface area contributed by atoms with Gasteiger partial charge in [0.15, 0.2) is 9.84 Å². The molecule has 0 N–H and O–H groups in total. The quantitative estimate of drug-likeness (QED) is 0.806. The number of carboxylic acid groups (broad SMARTS) is 1. The van der Waals surface area contributed by atoms with Crippen LogP contribution in [0.15, 0.2) is 48.5 Å². The van der Waals surface area contributed by atoms with Crippen molar-refractivity contribution in [1.82, 2.24) is 0 Å². The van der Waals surface area contributed by atoms with Gasteiger partial charge in [0.05, 0.1) is 17.5 Å². The second kappa shape index (κ2) is 6.94. The lowest BCUT2D eigenvalue weighted by atomic mass is 10.1. The minimum absolute atomic E-state index is 0.000292. The maximum absolute atomic E-state index is 12.1. The molecule has 4 nitrogen and oxygen atoms in total. The third-order valence-corrected chi connectivity index (χ3v) is 5.04. The molecule has 0 aliphatic rings. The molecule has 0 spiro atoms. The molecule has 0 amide bonds. The summed E-state index contributed by atoms with van der Waals surface area (Å²) in [5.74, 6) is -1.29. The topological polar surface area (TPSA) is 74.3 Å². The van der Waals surface area contributed by atoms with Gasteiger partial charge in [-0.2, -0.15) is 0 Å². The molecule has 0 unspecified atom stereocenters. The number of carbonyl (C=O) groups is 1. The number of carboxylic acids is 1. The molecule has 0 fully saturated rings. The van der Waals surface area contributed by atoms with Crippen LogP contribution in [-0.4, -0.2) is 20.1 Å². The number of rotatable bonds is 6. The molecule has 2 rings (SSSR count). The summed E-state index contributed by atoms with van der Waals surface area (Å²) in [6, 6.07) is 12.7. The summed E-state index contributed by atoms with van der Waals surface area (Å²) in [5, 5.41) is 11.2. The molecular weight excluding hydrogens is 324 g/mol. The van der Waals surface area contributed by atoms with Crippen molar-refractivity contribution in [1.29, 1.82) is 0 Å². The van der Waals surface area contributed by atoms with Gasteiger partial charge in [-0.05, 0) is 35.2 Å². The van der Waals surface area contributed by atoms with Crippen LogP contribution in [0.4, 0.5) is 0 Å². The molecule has 0 radical (unpaired) electrons. The molecule has 0 aromatic heterocycles. The van der Waals surface area contributed by atoms with Crippen molar-refractivity contribution >= 4 is 27.4 Å². The van der Waals surface area contributed by atoms with E-state index in [1.54, 1.807) is 36.4 Å². The standard InChI is InChI=1S/C16H15ClO4S/c17-15-7-3-13(4-8-15)11-22(20,21)10-9-12-1-5-14(6-2-12)16(18)19/h1-8H,9-11H2,(H,18,19)/p-1. The molecule has 0 saturated heterocycles. The first-order chi connectivity index (χ1) is 10.4. The first kappa shape index (κ1) is 16.5. The Morgan fingerprint density at radius 3 is 2.05 bits per heavy atom. The van der Waals surface area contributed by atoms with Crippen LogP contribution in [-0.2, 0) is 22.0 Å². The van der Waals surface area contributed by atoms with Gasteiger partial charge in [0.25, 0.3) is 0 Å². The molecular formula is C16H14ClO4S-. The Bertz CT molecular complexity index is 750. The van der Waals surface area contributed by atoms with Gasteiger partial charge in [0.1, 0.15) is 0 Å². The van der Waals surface area contributed by atoms with Crippen LogP contribution in [0.2, 0.25) is 5.02 Å². The molecule has 2 aromatic carbocycles. The minimum Gasteiger partial charge on any atom is -0.545 e. The van der Waals surface area contributed by atoms with Gasteiger partial charge in [-0.25, -0.2) is 8.42 Å². The molecule has 0 heterocycles. The molecule has 0 aliphatic carbocycles. The van der Waals surface area contributed by atoms with Crippen molar-refractivity contribution in [2.45, 2.75) is 12.2 Å². The molecule has 0 atom stereocenters. The third-order valence-electron chi connectivity index (χ3n) is 3.19. The molecule has 6 heteroatoms. The fourth-order valence-corrected chi connectivity index (χ4v) is 3.50. The van der Waals surface area contributed by atoms with Crippen molar-refractivity contribution in [3.63, 3.8) is 0 Å². The van der Waals surface area contributed by atoms with Crippen LogP contribution < -0.4 is 5.11 Å². The number of halogens is 1. The lowest BCUT2D eigenvalue weighted by Crippen LogP contribution is -2.22. The van der Waals surface area contributed by atoms with E-state index in [2.05, 4.69) is 0 Å². The molecule has 0 saturated carbocycles. The Morgan fingerprint density at radius 2 is 1.50 bits per heavy atom. The van der Waals surface area contributed by atoms with E-state index in [1.807, 2.05) is 0 Å². The highest BCUT2D eigenvalue weighted by atomic mass is 35.5. The smallest absolute Gasteiger partial charge is 0.154 e. The lowest BCUT2D eigenvalue weighted by Gasteiger charge is -2.07. The van der Waals surface area contributed by atoms with E-state index in [9.17, 15) is 18.3 Å². The summed E-state index contributed by atoms with van der Waals surface area (Å²) in [5.41, 5.74) is 1.54. The average molecular weight is 338 g/mol. The predicted octanol–water partition coefficient (Wildman–Crippen LogP) is 1.86. The predicted molar refractivity (Wildman–Crippen MR) is 83.4 cm³/mol. The van der Waals surface area contributed by atoms with Gasteiger partial charge in [-0.1, -0.05) is 48.0 Å². The first-order valence-corrected chi connectivity index (χ1v) is 8.81. The van der Waals surface area contributed by atoms with E-state index < -0.39 is 15.8 Å². The largest absolute Gasteiger partial charge is 0.545 e. The van der Waals surface area contributed by atoms with E-state index in [0.29, 0.717) is 17.0 Å². The second-order valence-corrected chi connectivity index (χ2v) is 7.57. The number of hydrogen-bond donors (Lipinski definition) is 0. The van der Waals surface area contributed by atoms with E-state index in [1.165, 1.54) is 12.1 Å². The third kappa shape index (κ3) is 4.86. The van der Waals surface area contributed by atoms with Crippen LogP contribution in [0.1, 0.15) is 21.5 Å². The Hall–Kier alpha value is -1.85. The molecule has 0 aliphatic heterocycles. The Balaban J connectivity index is 1.97. The summed E-state index contributed by atoms with van der Waals surface area (Å²) in [4.78, 5) is 10.6. The fourth-order valence-electron chi connectivity index (χ4n) is 1.99. The summed E-state index contributed by atoms with van der Waals surface area (Å²) in [6.07, 6.45) is 0.337. The normalized spacial score (nSPS) is 11.3. The summed E-state index contributed by atoms with van der Waals surface area (Å²) < 4.78 is 24.2. The van der Waals surface area contributed by atoms with Crippen LogP contribution in [0, 0.1) is 0 Å². The highest BCUT2D eigenvalue weighted by Gasteiger charge is 2.12. The number of aryl methyl sites for hydroxylation is 1. The summed E-state index contributed by atoms with van der Waals surface area (Å²) >= 11 is 5.76. The van der Waals surface area contributed by atoms with Crippen LogP contribution in [0.3, 0.4) is 0 Å². The number of carbonyl (C=O) groups excluding carboxylic acids is 1. The van der Waals surface area contributed by atoms with Crippen molar-refractivity contribution in [3.8, 4) is 0 Å².